The highest BCUT2D eigenvalue weighted by molar-refractivity contribution is 6.74. The van der Waals surface area contributed by atoms with Crippen LogP contribution in [0.4, 0.5) is 0 Å². The van der Waals surface area contributed by atoms with Crippen molar-refractivity contribution in [2.24, 2.45) is 5.92 Å². The smallest absolute Gasteiger partial charge is 0.322 e. The molecule has 5 heteroatoms. The highest BCUT2D eigenvalue weighted by Gasteiger charge is 2.36. The lowest BCUT2D eigenvalue weighted by Crippen LogP contribution is -2.41. The molecule has 130 valence electrons. The van der Waals surface area contributed by atoms with Gasteiger partial charge >= 0.3 is 5.97 Å². The Balaban J connectivity index is 2.27. The first-order valence-electron chi connectivity index (χ1n) is 8.62. The number of rotatable bonds is 6. The third kappa shape index (κ3) is 6.01. The summed E-state index contributed by atoms with van der Waals surface area (Å²) in [5.74, 6) is 0.576. The highest BCUT2D eigenvalue weighted by Crippen LogP contribution is 2.36. The fourth-order valence-electron chi connectivity index (χ4n) is 2.66. The monoisotopic (exact) mass is 329 g/mol. The van der Waals surface area contributed by atoms with Gasteiger partial charge in [-0.2, -0.15) is 0 Å². The first-order valence-corrected chi connectivity index (χ1v) is 11.5. The maximum absolute atomic E-state index is 11.6. The quantitative estimate of drug-likeness (QED) is 0.458. The first-order chi connectivity index (χ1) is 10.2. The second-order valence-corrected chi connectivity index (χ2v) is 12.8. The third-order valence-electron chi connectivity index (χ3n) is 5.32. The molecule has 22 heavy (non-hydrogen) atoms. The molecular formula is C17H35NO3Si. The van der Waals surface area contributed by atoms with Crippen LogP contribution in [0.1, 0.15) is 52.9 Å². The molecule has 1 saturated heterocycles. The number of hydrogen-bond donors (Lipinski definition) is 1. The van der Waals surface area contributed by atoms with Crippen molar-refractivity contribution < 1.29 is 14.0 Å². The zero-order chi connectivity index (χ0) is 16.8. The Morgan fingerprint density at radius 2 is 1.91 bits per heavy atom. The van der Waals surface area contributed by atoms with Crippen LogP contribution in [-0.4, -0.2) is 40.6 Å². The van der Waals surface area contributed by atoms with Crippen molar-refractivity contribution in [3.63, 3.8) is 0 Å². The summed E-state index contributed by atoms with van der Waals surface area (Å²) in [4.78, 5) is 11.6. The van der Waals surface area contributed by atoms with Gasteiger partial charge in [0.05, 0.1) is 7.11 Å². The Morgan fingerprint density at radius 3 is 2.50 bits per heavy atom. The van der Waals surface area contributed by atoms with Crippen LogP contribution < -0.4 is 5.32 Å². The Bertz CT molecular complexity index is 352. The molecule has 1 aliphatic rings. The maximum atomic E-state index is 11.6. The van der Waals surface area contributed by atoms with E-state index in [0.717, 1.165) is 38.8 Å². The molecule has 1 rings (SSSR count). The molecule has 0 aromatic heterocycles. The van der Waals surface area contributed by atoms with Gasteiger partial charge < -0.3 is 14.5 Å². The van der Waals surface area contributed by atoms with Gasteiger partial charge in [0.15, 0.2) is 8.32 Å². The minimum atomic E-state index is -1.61. The number of methoxy groups -OCH3 is 1. The molecule has 1 aliphatic heterocycles. The summed E-state index contributed by atoms with van der Waals surface area (Å²) in [6, 6.07) is -0.113. The molecule has 0 unspecified atom stereocenters. The van der Waals surface area contributed by atoms with Gasteiger partial charge in [-0.05, 0) is 62.7 Å². The van der Waals surface area contributed by atoms with E-state index < -0.39 is 8.32 Å². The summed E-state index contributed by atoms with van der Waals surface area (Å²) < 4.78 is 11.1. The summed E-state index contributed by atoms with van der Waals surface area (Å²) >= 11 is 0. The van der Waals surface area contributed by atoms with Crippen molar-refractivity contribution in [3.8, 4) is 0 Å². The molecule has 0 radical (unpaired) electrons. The normalized spacial score (nSPS) is 23.9. The van der Waals surface area contributed by atoms with Crippen LogP contribution in [0.25, 0.3) is 0 Å². The molecule has 0 amide bonds. The number of carbonyl (C=O) groups excluding carboxylic acids is 1. The zero-order valence-corrected chi connectivity index (χ0v) is 16.3. The van der Waals surface area contributed by atoms with Crippen LogP contribution >= 0.6 is 0 Å². The van der Waals surface area contributed by atoms with E-state index in [2.05, 4.69) is 39.2 Å². The molecule has 4 nitrogen and oxygen atoms in total. The van der Waals surface area contributed by atoms with Gasteiger partial charge in [-0.1, -0.05) is 20.8 Å². The van der Waals surface area contributed by atoms with E-state index in [0.29, 0.717) is 5.92 Å². The first kappa shape index (κ1) is 19.7. The fourth-order valence-corrected chi connectivity index (χ4v) is 3.75. The molecule has 1 heterocycles. The summed E-state index contributed by atoms with van der Waals surface area (Å²) in [5, 5.41) is 3.58. The van der Waals surface area contributed by atoms with Crippen LogP contribution in [0, 0.1) is 5.92 Å². The van der Waals surface area contributed by atoms with Crippen molar-refractivity contribution in [2.75, 3.05) is 20.3 Å². The third-order valence-corrected chi connectivity index (χ3v) is 9.86. The van der Waals surface area contributed by atoms with Gasteiger partial charge in [0.2, 0.25) is 0 Å². The van der Waals surface area contributed by atoms with Crippen LogP contribution in [0.2, 0.25) is 18.1 Å². The predicted molar refractivity (Wildman–Crippen MR) is 93.5 cm³/mol. The zero-order valence-electron chi connectivity index (χ0n) is 15.3. The van der Waals surface area contributed by atoms with Crippen molar-refractivity contribution in [1.29, 1.82) is 0 Å². The van der Waals surface area contributed by atoms with Gasteiger partial charge in [0.1, 0.15) is 6.04 Å². The van der Waals surface area contributed by atoms with Crippen molar-refractivity contribution in [2.45, 2.75) is 77.0 Å². The van der Waals surface area contributed by atoms with E-state index in [9.17, 15) is 4.79 Å². The van der Waals surface area contributed by atoms with E-state index in [-0.39, 0.29) is 17.0 Å². The Kier molecular flexibility index (Phi) is 7.55. The van der Waals surface area contributed by atoms with Gasteiger partial charge in [-0.3, -0.25) is 4.79 Å². The highest BCUT2D eigenvalue weighted by atomic mass is 28.4. The Hall–Kier alpha value is -0.393. The lowest BCUT2D eigenvalue weighted by Gasteiger charge is -2.36. The minimum absolute atomic E-state index is 0.113. The molecule has 0 aromatic rings. The minimum Gasteiger partial charge on any atom is -0.468 e. The topological polar surface area (TPSA) is 47.6 Å². The molecule has 1 N–H and O–H groups in total. The fraction of sp³-hybridized carbons (Fsp3) is 0.941. The molecule has 0 saturated carbocycles. The molecule has 1 fully saturated rings. The average Bonchev–Trinajstić information content (AvgIpc) is 2.67. The van der Waals surface area contributed by atoms with Crippen LogP contribution in [0.3, 0.4) is 0 Å². The molecule has 0 aromatic carbocycles. The second kappa shape index (κ2) is 8.46. The lowest BCUT2D eigenvalue weighted by molar-refractivity contribution is -0.143. The number of carbonyl (C=O) groups is 1. The van der Waals surface area contributed by atoms with Gasteiger partial charge in [-0.25, -0.2) is 0 Å². The van der Waals surface area contributed by atoms with E-state index in [1.807, 2.05) is 0 Å². The van der Waals surface area contributed by atoms with Gasteiger partial charge in [0, 0.05) is 6.61 Å². The lowest BCUT2D eigenvalue weighted by atomic mass is 9.94. The maximum Gasteiger partial charge on any atom is 0.322 e. The Morgan fingerprint density at radius 1 is 1.23 bits per heavy atom. The molecule has 0 bridgehead atoms. The molecule has 2 atom stereocenters. The molecular weight excluding hydrogens is 294 g/mol. The largest absolute Gasteiger partial charge is 0.468 e. The van der Waals surface area contributed by atoms with Crippen LogP contribution in [0.5, 0.6) is 0 Å². The van der Waals surface area contributed by atoms with Crippen LogP contribution in [0.15, 0.2) is 0 Å². The van der Waals surface area contributed by atoms with E-state index >= 15 is 0 Å². The average molecular weight is 330 g/mol. The summed E-state index contributed by atoms with van der Waals surface area (Å²) in [5.41, 5.74) is 0. The molecule has 0 aliphatic carbocycles. The SMILES string of the molecule is COC(=O)[C@@H]1CC[C@@H](CCCO[Si](C)(C)C(C)(C)C)CCN1. The van der Waals surface area contributed by atoms with E-state index in [1.165, 1.54) is 13.5 Å². The number of hydrogen-bond acceptors (Lipinski definition) is 4. The van der Waals surface area contributed by atoms with Gasteiger partial charge in [0.25, 0.3) is 0 Å². The van der Waals surface area contributed by atoms with E-state index in [1.54, 1.807) is 0 Å². The summed E-state index contributed by atoms with van der Waals surface area (Å²) in [7, 11) is -0.143. The summed E-state index contributed by atoms with van der Waals surface area (Å²) in [6.07, 6.45) is 5.46. The second-order valence-electron chi connectivity index (χ2n) is 8.01. The predicted octanol–water partition coefficient (Wildman–Crippen LogP) is 3.72. The standard InChI is InChI=1S/C17H35NO3Si/c1-17(2,3)22(5,6)21-13-7-8-14-9-10-15(16(19)20-4)18-12-11-14/h14-15,18H,7-13H2,1-6H3/t14-,15+/m1/s1. The van der Waals surface area contributed by atoms with E-state index in [4.69, 9.17) is 9.16 Å². The van der Waals surface area contributed by atoms with Crippen LogP contribution in [-0.2, 0) is 14.0 Å². The number of ether oxygens (including phenoxy) is 1. The summed E-state index contributed by atoms with van der Waals surface area (Å²) in [6.45, 7) is 13.2. The van der Waals surface area contributed by atoms with Crippen molar-refractivity contribution in [3.05, 3.63) is 0 Å². The van der Waals surface area contributed by atoms with Crippen molar-refractivity contribution >= 4 is 14.3 Å². The number of esters is 1. The van der Waals surface area contributed by atoms with Gasteiger partial charge in [-0.15, -0.1) is 0 Å². The Labute approximate surface area is 137 Å². The molecule has 0 spiro atoms. The van der Waals surface area contributed by atoms with Crippen molar-refractivity contribution in [1.82, 2.24) is 5.32 Å². The number of nitrogens with one attached hydrogen (secondary N) is 1.